The number of nitrogens with zero attached hydrogens (tertiary/aromatic N) is 4. The minimum Gasteiger partial charge on any atom is -0.370 e. The zero-order chi connectivity index (χ0) is 14.2. The van der Waals surface area contributed by atoms with Crippen LogP contribution in [0.15, 0.2) is 18.3 Å². The van der Waals surface area contributed by atoms with Crippen molar-refractivity contribution in [2.75, 3.05) is 11.9 Å². The smallest absolute Gasteiger partial charge is 0.159 e. The third-order valence-electron chi connectivity index (χ3n) is 4.07. The van der Waals surface area contributed by atoms with Crippen molar-refractivity contribution in [3.8, 4) is 5.82 Å². The number of nitrogens with one attached hydrogen (secondary N) is 1. The van der Waals surface area contributed by atoms with Crippen LogP contribution in [-0.4, -0.2) is 26.3 Å². The normalized spacial score (nSPS) is 18.0. The molecule has 0 amide bonds. The van der Waals surface area contributed by atoms with Crippen LogP contribution >= 0.6 is 0 Å². The molecule has 1 N–H and O–H groups in total. The lowest BCUT2D eigenvalue weighted by molar-refractivity contribution is 0.787. The Morgan fingerprint density at radius 3 is 2.71 bits per heavy atom. The van der Waals surface area contributed by atoms with Crippen molar-refractivity contribution >= 4 is 5.82 Å². The molecule has 0 unspecified atom stereocenters. The highest BCUT2D eigenvalue weighted by molar-refractivity contribution is 5.42. The first-order valence-electron chi connectivity index (χ1n) is 8.02. The predicted octanol–water partition coefficient (Wildman–Crippen LogP) is 3.24. The van der Waals surface area contributed by atoms with Gasteiger partial charge in [-0.25, -0.2) is 14.6 Å². The van der Waals surface area contributed by atoms with Gasteiger partial charge in [-0.2, -0.15) is 5.10 Å². The minimum absolute atomic E-state index is 0.547. The van der Waals surface area contributed by atoms with Crippen LogP contribution in [0.3, 0.4) is 0 Å². The second kappa shape index (κ2) is 5.13. The maximum absolute atomic E-state index is 4.72. The first-order chi connectivity index (χ1) is 10.3. The lowest BCUT2D eigenvalue weighted by atomic mass is 10.3. The van der Waals surface area contributed by atoms with E-state index >= 15 is 0 Å². The molecular formula is C16H21N5. The van der Waals surface area contributed by atoms with E-state index in [9.17, 15) is 0 Å². The number of rotatable bonds is 6. The zero-order valence-electron chi connectivity index (χ0n) is 12.4. The van der Waals surface area contributed by atoms with Crippen LogP contribution in [0.5, 0.6) is 0 Å². The summed E-state index contributed by atoms with van der Waals surface area (Å²) in [7, 11) is 0. The van der Waals surface area contributed by atoms with Crippen LogP contribution < -0.4 is 5.32 Å². The number of hydrogen-bond donors (Lipinski definition) is 1. The van der Waals surface area contributed by atoms with Crippen LogP contribution in [0.4, 0.5) is 5.82 Å². The van der Waals surface area contributed by atoms with E-state index in [1.807, 2.05) is 16.9 Å². The number of hydrogen-bond acceptors (Lipinski definition) is 4. The average Bonchev–Trinajstić information content (AvgIpc) is 3.43. The Morgan fingerprint density at radius 2 is 2.00 bits per heavy atom. The van der Waals surface area contributed by atoms with Crippen molar-refractivity contribution < 1.29 is 0 Å². The van der Waals surface area contributed by atoms with E-state index in [0.29, 0.717) is 11.8 Å². The fraction of sp³-hybridized carbons (Fsp3) is 0.562. The van der Waals surface area contributed by atoms with Gasteiger partial charge >= 0.3 is 0 Å². The van der Waals surface area contributed by atoms with E-state index in [1.165, 1.54) is 31.4 Å². The molecule has 5 nitrogen and oxygen atoms in total. The SMILES string of the molecule is CCCNc1cc(-n2ccc(C3CC3)n2)nc(C2CC2)n1. The lowest BCUT2D eigenvalue weighted by Crippen LogP contribution is -2.08. The first-order valence-corrected chi connectivity index (χ1v) is 8.02. The van der Waals surface area contributed by atoms with Crippen LogP contribution in [-0.2, 0) is 0 Å². The van der Waals surface area contributed by atoms with Gasteiger partial charge in [0.15, 0.2) is 5.82 Å². The molecular weight excluding hydrogens is 262 g/mol. The van der Waals surface area contributed by atoms with E-state index in [4.69, 9.17) is 4.98 Å². The van der Waals surface area contributed by atoms with Gasteiger partial charge in [0.2, 0.25) is 0 Å². The molecule has 0 spiro atoms. The molecule has 2 aromatic heterocycles. The maximum atomic E-state index is 4.72. The van der Waals surface area contributed by atoms with Crippen LogP contribution in [0.1, 0.15) is 62.4 Å². The second-order valence-corrected chi connectivity index (χ2v) is 6.13. The van der Waals surface area contributed by atoms with Gasteiger partial charge < -0.3 is 5.32 Å². The van der Waals surface area contributed by atoms with Crippen molar-refractivity contribution in [1.29, 1.82) is 0 Å². The summed E-state index contributed by atoms with van der Waals surface area (Å²) in [5.41, 5.74) is 1.20. The highest BCUT2D eigenvalue weighted by Gasteiger charge is 2.28. The Bertz CT molecular complexity index is 640. The molecule has 2 saturated carbocycles. The summed E-state index contributed by atoms with van der Waals surface area (Å²) in [6, 6.07) is 4.13. The molecule has 4 rings (SSSR count). The molecule has 21 heavy (non-hydrogen) atoms. The van der Waals surface area contributed by atoms with Crippen molar-refractivity contribution in [2.24, 2.45) is 0 Å². The van der Waals surface area contributed by atoms with Gasteiger partial charge in [-0.05, 0) is 38.2 Å². The Balaban J connectivity index is 1.66. The lowest BCUT2D eigenvalue weighted by Gasteiger charge is -2.09. The highest BCUT2D eigenvalue weighted by atomic mass is 15.3. The summed E-state index contributed by atoms with van der Waals surface area (Å²) in [6.07, 6.45) is 8.09. The topological polar surface area (TPSA) is 55.6 Å². The largest absolute Gasteiger partial charge is 0.370 e. The maximum Gasteiger partial charge on any atom is 0.159 e. The van der Waals surface area contributed by atoms with E-state index < -0.39 is 0 Å². The van der Waals surface area contributed by atoms with Gasteiger partial charge in [-0.3, -0.25) is 0 Å². The molecule has 2 fully saturated rings. The van der Waals surface area contributed by atoms with E-state index in [2.05, 4.69) is 28.4 Å². The summed E-state index contributed by atoms with van der Waals surface area (Å²) in [4.78, 5) is 9.37. The Hall–Kier alpha value is -1.91. The van der Waals surface area contributed by atoms with Crippen molar-refractivity contribution in [2.45, 2.75) is 50.9 Å². The Labute approximate surface area is 124 Å². The third kappa shape index (κ3) is 2.77. The fourth-order valence-electron chi connectivity index (χ4n) is 2.50. The molecule has 0 atom stereocenters. The van der Waals surface area contributed by atoms with Crippen molar-refractivity contribution in [1.82, 2.24) is 19.7 Å². The summed E-state index contributed by atoms with van der Waals surface area (Å²) in [5, 5.41) is 8.06. The molecule has 2 heterocycles. The zero-order valence-corrected chi connectivity index (χ0v) is 12.4. The van der Waals surface area contributed by atoms with Crippen LogP contribution in [0.2, 0.25) is 0 Å². The molecule has 110 valence electrons. The molecule has 0 saturated heterocycles. The minimum atomic E-state index is 0.547. The van der Waals surface area contributed by atoms with Crippen LogP contribution in [0.25, 0.3) is 5.82 Å². The summed E-state index contributed by atoms with van der Waals surface area (Å²) in [5.74, 6) is 4.00. The summed E-state index contributed by atoms with van der Waals surface area (Å²) >= 11 is 0. The number of aromatic nitrogens is 4. The Morgan fingerprint density at radius 1 is 1.19 bits per heavy atom. The first kappa shape index (κ1) is 12.8. The van der Waals surface area contributed by atoms with Gasteiger partial charge in [0, 0.05) is 30.6 Å². The van der Waals surface area contributed by atoms with Gasteiger partial charge in [0.1, 0.15) is 11.6 Å². The molecule has 2 aliphatic carbocycles. The molecule has 2 aromatic rings. The van der Waals surface area contributed by atoms with Gasteiger partial charge in [-0.15, -0.1) is 0 Å². The molecule has 0 aromatic carbocycles. The predicted molar refractivity (Wildman–Crippen MR) is 81.9 cm³/mol. The van der Waals surface area contributed by atoms with Crippen LogP contribution in [0, 0.1) is 0 Å². The quantitative estimate of drug-likeness (QED) is 0.884. The monoisotopic (exact) mass is 283 g/mol. The molecule has 0 radical (unpaired) electrons. The Kier molecular flexibility index (Phi) is 3.13. The highest BCUT2D eigenvalue weighted by Crippen LogP contribution is 2.40. The van der Waals surface area contributed by atoms with E-state index in [1.54, 1.807) is 0 Å². The van der Waals surface area contributed by atoms with Gasteiger partial charge in [0.05, 0.1) is 5.69 Å². The summed E-state index contributed by atoms with van der Waals surface area (Å²) < 4.78 is 1.90. The number of anilines is 1. The van der Waals surface area contributed by atoms with E-state index in [-0.39, 0.29) is 0 Å². The van der Waals surface area contributed by atoms with Crippen molar-refractivity contribution in [3.05, 3.63) is 29.8 Å². The standard InChI is InChI=1S/C16H21N5/c1-2-8-17-14-10-15(19-16(18-14)12-5-6-12)21-9-7-13(20-21)11-3-4-11/h7,9-12H,2-6,8H2,1H3,(H,17,18,19). The molecule has 0 bridgehead atoms. The molecule has 2 aliphatic rings. The summed E-state index contributed by atoms with van der Waals surface area (Å²) in [6.45, 7) is 3.10. The van der Waals surface area contributed by atoms with E-state index in [0.717, 1.165) is 30.4 Å². The van der Waals surface area contributed by atoms with Gasteiger partial charge in [0.25, 0.3) is 0 Å². The fourth-order valence-corrected chi connectivity index (χ4v) is 2.50. The third-order valence-corrected chi connectivity index (χ3v) is 4.07. The second-order valence-electron chi connectivity index (χ2n) is 6.13. The van der Waals surface area contributed by atoms with Crippen molar-refractivity contribution in [3.63, 3.8) is 0 Å². The molecule has 0 aliphatic heterocycles. The average molecular weight is 283 g/mol. The van der Waals surface area contributed by atoms with Gasteiger partial charge in [-0.1, -0.05) is 6.92 Å². The molecule has 5 heteroatoms.